The van der Waals surface area contributed by atoms with Crippen molar-refractivity contribution in [2.45, 2.75) is 13.0 Å². The van der Waals surface area contributed by atoms with Crippen LogP contribution in [0.2, 0.25) is 0 Å². The third-order valence-electron chi connectivity index (χ3n) is 3.20. The number of carbonyl (C=O) groups is 1. The third kappa shape index (κ3) is 3.25. The third-order valence-corrected chi connectivity index (χ3v) is 3.20. The van der Waals surface area contributed by atoms with Gasteiger partial charge in [0, 0.05) is 25.4 Å². The second-order valence-corrected chi connectivity index (χ2v) is 4.79. The van der Waals surface area contributed by atoms with E-state index in [1.807, 2.05) is 0 Å². The molecule has 0 aliphatic carbocycles. The quantitative estimate of drug-likeness (QED) is 0.402. The van der Waals surface area contributed by atoms with E-state index in [0.717, 1.165) is 12.3 Å². The van der Waals surface area contributed by atoms with E-state index in [4.69, 9.17) is 4.74 Å². The summed E-state index contributed by atoms with van der Waals surface area (Å²) in [6, 6.07) is 7.67. The van der Waals surface area contributed by atoms with Crippen LogP contribution in [0.4, 0.5) is 4.39 Å². The van der Waals surface area contributed by atoms with Crippen LogP contribution in [-0.2, 0) is 11.3 Å². The molecule has 3 aromatic heterocycles. The first-order chi connectivity index (χ1) is 11.1. The van der Waals surface area contributed by atoms with Crippen molar-refractivity contribution in [1.82, 2.24) is 19.2 Å². The van der Waals surface area contributed by atoms with Gasteiger partial charge in [-0.1, -0.05) is 6.07 Å². The van der Waals surface area contributed by atoms with Crippen LogP contribution in [0.1, 0.15) is 16.8 Å². The van der Waals surface area contributed by atoms with Gasteiger partial charge in [-0.3, -0.25) is 4.40 Å². The molecule has 0 amide bonds. The van der Waals surface area contributed by atoms with Gasteiger partial charge >= 0.3 is 11.7 Å². The molecule has 0 saturated carbocycles. The standard InChI is InChI=1S/C15H13FN4O3/c16-12-6-5-11(10-17-12)14(21)23-9-3-8-20-15(22)19-7-2-1-4-13(19)18-20/h1-2,4-7,10H,3,8-9H2. The van der Waals surface area contributed by atoms with Crippen molar-refractivity contribution in [3.8, 4) is 0 Å². The van der Waals surface area contributed by atoms with E-state index in [0.29, 0.717) is 18.6 Å². The van der Waals surface area contributed by atoms with E-state index >= 15 is 0 Å². The van der Waals surface area contributed by atoms with E-state index in [1.54, 1.807) is 24.4 Å². The second-order valence-electron chi connectivity index (χ2n) is 4.79. The number of pyridine rings is 2. The summed E-state index contributed by atoms with van der Waals surface area (Å²) in [6.45, 7) is 0.450. The Hall–Kier alpha value is -3.03. The number of esters is 1. The maximum absolute atomic E-state index is 12.7. The summed E-state index contributed by atoms with van der Waals surface area (Å²) in [5, 5.41) is 4.17. The highest BCUT2D eigenvalue weighted by Gasteiger charge is 2.09. The Morgan fingerprint density at radius 2 is 2.13 bits per heavy atom. The highest BCUT2D eigenvalue weighted by atomic mass is 19.1. The maximum atomic E-state index is 12.7. The molecule has 0 atom stereocenters. The topological polar surface area (TPSA) is 78.5 Å². The van der Waals surface area contributed by atoms with Crippen molar-refractivity contribution >= 4 is 11.6 Å². The largest absolute Gasteiger partial charge is 0.462 e. The number of aromatic nitrogens is 4. The Morgan fingerprint density at radius 3 is 2.87 bits per heavy atom. The monoisotopic (exact) mass is 316 g/mol. The molecule has 0 fully saturated rings. The number of fused-ring (bicyclic) bond motifs is 1. The predicted molar refractivity (Wildman–Crippen MR) is 78.5 cm³/mol. The molecule has 3 rings (SSSR count). The first-order valence-electron chi connectivity index (χ1n) is 6.98. The maximum Gasteiger partial charge on any atom is 0.350 e. The number of carbonyl (C=O) groups excluding carboxylic acids is 1. The van der Waals surface area contributed by atoms with Gasteiger partial charge < -0.3 is 4.74 Å². The van der Waals surface area contributed by atoms with Gasteiger partial charge in [-0.05, 0) is 24.3 Å². The number of hydrogen-bond donors (Lipinski definition) is 0. The molecule has 0 aliphatic rings. The Morgan fingerprint density at radius 1 is 1.26 bits per heavy atom. The van der Waals surface area contributed by atoms with Gasteiger partial charge in [0.25, 0.3) is 0 Å². The average molecular weight is 316 g/mol. The molecule has 8 heteroatoms. The van der Waals surface area contributed by atoms with Crippen LogP contribution < -0.4 is 5.69 Å². The Balaban J connectivity index is 1.55. The normalized spacial score (nSPS) is 10.8. The molecule has 23 heavy (non-hydrogen) atoms. The zero-order valence-corrected chi connectivity index (χ0v) is 12.1. The first-order valence-corrected chi connectivity index (χ1v) is 6.98. The molecule has 118 valence electrons. The van der Waals surface area contributed by atoms with Gasteiger partial charge in [-0.25, -0.2) is 19.3 Å². The summed E-state index contributed by atoms with van der Waals surface area (Å²) < 4.78 is 20.5. The minimum atomic E-state index is -0.659. The highest BCUT2D eigenvalue weighted by molar-refractivity contribution is 5.88. The Labute approximate surface area is 130 Å². The molecule has 7 nitrogen and oxygen atoms in total. The lowest BCUT2D eigenvalue weighted by atomic mass is 10.3. The summed E-state index contributed by atoms with van der Waals surface area (Å²) in [7, 11) is 0. The lowest BCUT2D eigenvalue weighted by Crippen LogP contribution is -2.22. The zero-order chi connectivity index (χ0) is 16.2. The smallest absolute Gasteiger partial charge is 0.350 e. The summed E-state index contributed by atoms with van der Waals surface area (Å²) in [6.07, 6.45) is 3.19. The zero-order valence-electron chi connectivity index (χ0n) is 12.1. The van der Waals surface area contributed by atoms with Crippen molar-refractivity contribution in [3.05, 3.63) is 64.7 Å². The summed E-state index contributed by atoms with van der Waals surface area (Å²) in [5.41, 5.74) is 0.498. The van der Waals surface area contributed by atoms with E-state index in [-0.39, 0.29) is 17.9 Å². The molecule has 0 aliphatic heterocycles. The van der Waals surface area contributed by atoms with Gasteiger partial charge in [-0.15, -0.1) is 5.10 Å². The fourth-order valence-electron chi connectivity index (χ4n) is 2.07. The van der Waals surface area contributed by atoms with E-state index in [1.165, 1.54) is 15.1 Å². The lowest BCUT2D eigenvalue weighted by Gasteiger charge is -2.04. The van der Waals surface area contributed by atoms with Crippen LogP contribution >= 0.6 is 0 Å². The summed E-state index contributed by atoms with van der Waals surface area (Å²) in [4.78, 5) is 27.1. The number of rotatable bonds is 5. The van der Waals surface area contributed by atoms with Crippen LogP contribution in [0.5, 0.6) is 0 Å². The number of nitrogens with zero attached hydrogens (tertiary/aromatic N) is 4. The first kappa shape index (κ1) is 14.9. The second kappa shape index (κ2) is 6.39. The lowest BCUT2D eigenvalue weighted by molar-refractivity contribution is 0.0494. The van der Waals surface area contributed by atoms with Gasteiger partial charge in [0.05, 0.1) is 12.2 Å². The molecule has 3 heterocycles. The van der Waals surface area contributed by atoms with Crippen LogP contribution in [0.15, 0.2) is 47.5 Å². The molecule has 0 aromatic carbocycles. The van der Waals surface area contributed by atoms with E-state index < -0.39 is 11.9 Å². The molecule has 3 aromatic rings. The van der Waals surface area contributed by atoms with Crippen molar-refractivity contribution in [1.29, 1.82) is 0 Å². The van der Waals surface area contributed by atoms with Gasteiger partial charge in [-0.2, -0.15) is 4.39 Å². The minimum absolute atomic E-state index is 0.122. The Kier molecular flexibility index (Phi) is 4.13. The fourth-order valence-corrected chi connectivity index (χ4v) is 2.07. The van der Waals surface area contributed by atoms with Crippen molar-refractivity contribution in [3.63, 3.8) is 0 Å². The van der Waals surface area contributed by atoms with Gasteiger partial charge in [0.15, 0.2) is 5.65 Å². The molecular formula is C15H13FN4O3. The van der Waals surface area contributed by atoms with E-state index in [9.17, 15) is 14.0 Å². The summed E-state index contributed by atoms with van der Waals surface area (Å²) in [5.74, 6) is -1.24. The summed E-state index contributed by atoms with van der Waals surface area (Å²) >= 11 is 0. The van der Waals surface area contributed by atoms with Crippen LogP contribution in [-0.4, -0.2) is 31.7 Å². The van der Waals surface area contributed by atoms with Crippen molar-refractivity contribution in [2.75, 3.05) is 6.61 Å². The van der Waals surface area contributed by atoms with Gasteiger partial charge in [0.2, 0.25) is 5.95 Å². The minimum Gasteiger partial charge on any atom is -0.462 e. The fraction of sp³-hybridized carbons (Fsp3) is 0.200. The molecule has 0 bridgehead atoms. The number of ether oxygens (including phenoxy) is 1. The predicted octanol–water partition coefficient (Wildman–Crippen LogP) is 1.28. The van der Waals surface area contributed by atoms with Crippen LogP contribution in [0.25, 0.3) is 5.65 Å². The molecule has 0 N–H and O–H groups in total. The highest BCUT2D eigenvalue weighted by Crippen LogP contribution is 2.02. The Bertz CT molecular complexity index is 886. The van der Waals surface area contributed by atoms with Crippen molar-refractivity contribution < 1.29 is 13.9 Å². The van der Waals surface area contributed by atoms with Crippen LogP contribution in [0, 0.1) is 5.95 Å². The number of hydrogen-bond acceptors (Lipinski definition) is 5. The average Bonchev–Trinajstić information content (AvgIpc) is 2.89. The molecule has 0 radical (unpaired) electrons. The van der Waals surface area contributed by atoms with E-state index in [2.05, 4.69) is 10.1 Å². The molecule has 0 unspecified atom stereocenters. The van der Waals surface area contributed by atoms with Crippen molar-refractivity contribution in [2.24, 2.45) is 0 Å². The molecular weight excluding hydrogens is 303 g/mol. The molecule has 0 spiro atoms. The SMILES string of the molecule is O=C(OCCCn1nc2ccccn2c1=O)c1ccc(F)nc1. The van der Waals surface area contributed by atoms with Gasteiger partial charge in [0.1, 0.15) is 0 Å². The number of halogens is 1. The van der Waals surface area contributed by atoms with Crippen LogP contribution in [0.3, 0.4) is 0 Å². The molecule has 0 saturated heterocycles. The number of aryl methyl sites for hydroxylation is 1.